The van der Waals surface area contributed by atoms with Crippen molar-refractivity contribution in [3.05, 3.63) is 84.2 Å². The van der Waals surface area contributed by atoms with Gasteiger partial charge >= 0.3 is 0 Å². The predicted octanol–water partition coefficient (Wildman–Crippen LogP) is 3.29. The van der Waals surface area contributed by atoms with Crippen LogP contribution in [0.1, 0.15) is 20.7 Å². The molecule has 0 radical (unpaired) electrons. The van der Waals surface area contributed by atoms with Crippen molar-refractivity contribution < 1.29 is 14.7 Å². The summed E-state index contributed by atoms with van der Waals surface area (Å²) in [6.45, 7) is 0. The summed E-state index contributed by atoms with van der Waals surface area (Å²) in [6.07, 6.45) is 3.06. The van der Waals surface area contributed by atoms with Crippen LogP contribution in [0.25, 0.3) is 0 Å². The Bertz CT molecular complexity index is 911. The summed E-state index contributed by atoms with van der Waals surface area (Å²) < 4.78 is 0. The van der Waals surface area contributed by atoms with Crippen LogP contribution in [0.3, 0.4) is 0 Å². The van der Waals surface area contributed by atoms with Gasteiger partial charge in [-0.2, -0.15) is 0 Å². The minimum atomic E-state index is -0.436. The second-order valence-corrected chi connectivity index (χ2v) is 5.25. The molecular weight excluding hydrogens is 318 g/mol. The number of hydrogen-bond donors (Lipinski definition) is 3. The first-order valence-electron chi connectivity index (χ1n) is 7.54. The Kier molecular flexibility index (Phi) is 4.71. The van der Waals surface area contributed by atoms with Crippen molar-refractivity contribution in [2.45, 2.75) is 0 Å². The highest BCUT2D eigenvalue weighted by Gasteiger charge is 2.11. The van der Waals surface area contributed by atoms with Crippen LogP contribution in [-0.2, 0) is 0 Å². The van der Waals surface area contributed by atoms with Crippen molar-refractivity contribution in [1.29, 1.82) is 0 Å². The molecule has 0 aliphatic heterocycles. The molecule has 25 heavy (non-hydrogen) atoms. The van der Waals surface area contributed by atoms with E-state index in [0.717, 1.165) is 0 Å². The van der Waals surface area contributed by atoms with E-state index in [4.69, 9.17) is 0 Å². The molecule has 0 unspecified atom stereocenters. The largest absolute Gasteiger partial charge is 0.507 e. The quantitative estimate of drug-likeness (QED) is 0.683. The zero-order valence-electron chi connectivity index (χ0n) is 13.1. The van der Waals surface area contributed by atoms with Crippen LogP contribution >= 0.6 is 0 Å². The van der Waals surface area contributed by atoms with Crippen molar-refractivity contribution in [3.63, 3.8) is 0 Å². The van der Waals surface area contributed by atoms with Crippen molar-refractivity contribution in [3.8, 4) is 5.75 Å². The number of phenols is 1. The zero-order chi connectivity index (χ0) is 17.6. The standard InChI is InChI=1S/C19H15N3O3/c23-17-9-2-1-8-16(17)19(25)22-15-7-3-6-14(11-15)21-18(24)13-5-4-10-20-12-13/h1-12,23H,(H,21,24)(H,22,25). The molecule has 0 fully saturated rings. The number of hydrogen-bond acceptors (Lipinski definition) is 4. The van der Waals surface area contributed by atoms with Gasteiger partial charge in [-0.3, -0.25) is 14.6 Å². The monoisotopic (exact) mass is 333 g/mol. The van der Waals surface area contributed by atoms with Crippen LogP contribution in [-0.4, -0.2) is 21.9 Å². The lowest BCUT2D eigenvalue weighted by atomic mass is 10.2. The molecule has 0 saturated carbocycles. The van der Waals surface area contributed by atoms with E-state index in [-0.39, 0.29) is 17.2 Å². The molecule has 0 saturated heterocycles. The normalized spacial score (nSPS) is 10.1. The summed E-state index contributed by atoms with van der Waals surface area (Å²) in [4.78, 5) is 28.3. The second kappa shape index (κ2) is 7.27. The molecule has 6 heteroatoms. The number of amides is 2. The summed E-state index contributed by atoms with van der Waals surface area (Å²) in [6, 6.07) is 16.4. The average molecular weight is 333 g/mol. The van der Waals surface area contributed by atoms with Crippen LogP contribution in [0.4, 0.5) is 11.4 Å². The summed E-state index contributed by atoms with van der Waals surface area (Å²) in [5, 5.41) is 15.2. The van der Waals surface area contributed by atoms with Crippen LogP contribution in [0.2, 0.25) is 0 Å². The Hall–Kier alpha value is -3.67. The van der Waals surface area contributed by atoms with E-state index < -0.39 is 5.91 Å². The second-order valence-electron chi connectivity index (χ2n) is 5.25. The Morgan fingerprint density at radius 3 is 2.24 bits per heavy atom. The molecule has 0 spiro atoms. The van der Waals surface area contributed by atoms with Gasteiger partial charge in [0, 0.05) is 23.8 Å². The van der Waals surface area contributed by atoms with Crippen LogP contribution in [0, 0.1) is 0 Å². The minimum Gasteiger partial charge on any atom is -0.507 e. The molecule has 3 rings (SSSR count). The molecule has 0 bridgehead atoms. The van der Waals surface area contributed by atoms with Gasteiger partial charge < -0.3 is 15.7 Å². The van der Waals surface area contributed by atoms with Gasteiger partial charge in [-0.1, -0.05) is 18.2 Å². The molecule has 124 valence electrons. The lowest BCUT2D eigenvalue weighted by Gasteiger charge is -2.09. The third-order valence-corrected chi connectivity index (χ3v) is 3.45. The van der Waals surface area contributed by atoms with Gasteiger partial charge in [0.1, 0.15) is 5.75 Å². The highest BCUT2D eigenvalue weighted by atomic mass is 16.3. The smallest absolute Gasteiger partial charge is 0.259 e. The van der Waals surface area contributed by atoms with Crippen molar-refractivity contribution in [2.75, 3.05) is 10.6 Å². The number of carbonyl (C=O) groups excluding carboxylic acids is 2. The molecule has 0 atom stereocenters. The summed E-state index contributed by atoms with van der Waals surface area (Å²) in [5.41, 5.74) is 1.64. The highest BCUT2D eigenvalue weighted by Crippen LogP contribution is 2.20. The van der Waals surface area contributed by atoms with Gasteiger partial charge in [0.15, 0.2) is 0 Å². The maximum atomic E-state index is 12.2. The van der Waals surface area contributed by atoms with E-state index >= 15 is 0 Å². The van der Waals surface area contributed by atoms with E-state index in [1.807, 2.05) is 0 Å². The molecule has 2 amide bonds. The zero-order valence-corrected chi connectivity index (χ0v) is 13.1. The van der Waals surface area contributed by atoms with Crippen molar-refractivity contribution >= 4 is 23.2 Å². The van der Waals surface area contributed by atoms with Gasteiger partial charge in [0.2, 0.25) is 0 Å². The maximum Gasteiger partial charge on any atom is 0.259 e. The first-order valence-corrected chi connectivity index (χ1v) is 7.54. The van der Waals surface area contributed by atoms with Crippen molar-refractivity contribution in [1.82, 2.24) is 4.98 Å². The lowest BCUT2D eigenvalue weighted by molar-refractivity contribution is 0.101. The third kappa shape index (κ3) is 4.00. The number of carbonyl (C=O) groups is 2. The molecule has 2 aromatic carbocycles. The number of nitrogens with one attached hydrogen (secondary N) is 2. The third-order valence-electron chi connectivity index (χ3n) is 3.45. The van der Waals surface area contributed by atoms with E-state index in [2.05, 4.69) is 15.6 Å². The number of aromatic nitrogens is 1. The number of aromatic hydroxyl groups is 1. The minimum absolute atomic E-state index is 0.0963. The van der Waals surface area contributed by atoms with Gasteiger partial charge in [0.05, 0.1) is 11.1 Å². The van der Waals surface area contributed by atoms with E-state index in [0.29, 0.717) is 16.9 Å². The Morgan fingerprint density at radius 1 is 0.840 bits per heavy atom. The van der Waals surface area contributed by atoms with Crippen LogP contribution in [0.5, 0.6) is 5.75 Å². The number of benzene rings is 2. The fourth-order valence-electron chi connectivity index (χ4n) is 2.24. The van der Waals surface area contributed by atoms with Gasteiger partial charge in [-0.25, -0.2) is 0 Å². The van der Waals surface area contributed by atoms with Crippen LogP contribution < -0.4 is 10.6 Å². The fourth-order valence-corrected chi connectivity index (χ4v) is 2.24. The number of phenolic OH excluding ortho intramolecular Hbond substituents is 1. The Morgan fingerprint density at radius 2 is 1.56 bits per heavy atom. The Balaban J connectivity index is 1.72. The molecule has 0 aliphatic rings. The summed E-state index contributed by atoms with van der Waals surface area (Å²) in [5.74, 6) is -0.827. The molecule has 6 nitrogen and oxygen atoms in total. The molecule has 3 aromatic rings. The SMILES string of the molecule is O=C(Nc1cccc(NC(=O)c2ccccc2O)c1)c1cccnc1. The molecule has 0 aliphatic carbocycles. The van der Waals surface area contributed by atoms with Gasteiger partial charge in [-0.05, 0) is 42.5 Å². The molecule has 3 N–H and O–H groups in total. The topological polar surface area (TPSA) is 91.3 Å². The highest BCUT2D eigenvalue weighted by molar-refractivity contribution is 6.07. The number of anilines is 2. The molecule has 1 aromatic heterocycles. The number of rotatable bonds is 4. The average Bonchev–Trinajstić information content (AvgIpc) is 2.63. The van der Waals surface area contributed by atoms with Gasteiger partial charge in [0.25, 0.3) is 11.8 Å². The van der Waals surface area contributed by atoms with E-state index in [1.165, 1.54) is 18.3 Å². The number of nitrogens with zero attached hydrogens (tertiary/aromatic N) is 1. The van der Waals surface area contributed by atoms with Crippen LogP contribution in [0.15, 0.2) is 73.1 Å². The number of para-hydroxylation sites is 1. The molecular formula is C19H15N3O3. The predicted molar refractivity (Wildman–Crippen MR) is 94.7 cm³/mol. The first kappa shape index (κ1) is 16.2. The van der Waals surface area contributed by atoms with E-state index in [1.54, 1.807) is 54.7 Å². The summed E-state index contributed by atoms with van der Waals surface area (Å²) in [7, 11) is 0. The Labute approximate surface area is 144 Å². The maximum absolute atomic E-state index is 12.2. The first-order chi connectivity index (χ1) is 12.1. The van der Waals surface area contributed by atoms with Crippen molar-refractivity contribution in [2.24, 2.45) is 0 Å². The molecule has 1 heterocycles. The number of pyridine rings is 1. The summed E-state index contributed by atoms with van der Waals surface area (Å²) >= 11 is 0. The van der Waals surface area contributed by atoms with E-state index in [9.17, 15) is 14.7 Å². The fraction of sp³-hybridized carbons (Fsp3) is 0. The van der Waals surface area contributed by atoms with Gasteiger partial charge in [-0.15, -0.1) is 0 Å². The lowest BCUT2D eigenvalue weighted by Crippen LogP contribution is -2.14.